The third-order valence-corrected chi connectivity index (χ3v) is 2.67. The second kappa shape index (κ2) is 6.12. The van der Waals surface area contributed by atoms with Gasteiger partial charge in [0.2, 0.25) is 0 Å². The first kappa shape index (κ1) is 12.5. The van der Waals surface area contributed by atoms with Gasteiger partial charge in [0.25, 0.3) is 0 Å². The highest BCUT2D eigenvalue weighted by Gasteiger charge is 2.05. The van der Waals surface area contributed by atoms with E-state index in [1.54, 1.807) is 24.4 Å². The SMILES string of the molecule is C=CCNCc1nccn1Cc1ccccc1F. The minimum absolute atomic E-state index is 0.184. The van der Waals surface area contributed by atoms with Crippen molar-refractivity contribution < 1.29 is 4.39 Å². The van der Waals surface area contributed by atoms with Gasteiger partial charge in [-0.2, -0.15) is 0 Å². The van der Waals surface area contributed by atoms with E-state index in [0.717, 1.165) is 12.4 Å². The standard InChI is InChI=1S/C14H16FN3/c1-2-7-16-10-14-17-8-9-18(14)11-12-5-3-4-6-13(12)15/h2-6,8-9,16H,1,7,10-11H2. The molecule has 0 radical (unpaired) electrons. The maximum atomic E-state index is 13.6. The molecular weight excluding hydrogens is 229 g/mol. The van der Waals surface area contributed by atoms with Crippen LogP contribution >= 0.6 is 0 Å². The maximum Gasteiger partial charge on any atom is 0.128 e. The molecule has 94 valence electrons. The molecule has 0 bridgehead atoms. The first-order chi connectivity index (χ1) is 8.81. The van der Waals surface area contributed by atoms with E-state index in [1.807, 2.05) is 16.8 Å². The molecule has 3 nitrogen and oxygen atoms in total. The summed E-state index contributed by atoms with van der Waals surface area (Å²) in [5.74, 6) is 0.705. The van der Waals surface area contributed by atoms with Crippen LogP contribution in [0.3, 0.4) is 0 Å². The van der Waals surface area contributed by atoms with Gasteiger partial charge in [0, 0.05) is 24.5 Å². The van der Waals surface area contributed by atoms with Crippen LogP contribution in [0, 0.1) is 5.82 Å². The Labute approximate surface area is 106 Å². The van der Waals surface area contributed by atoms with Gasteiger partial charge in [-0.1, -0.05) is 24.3 Å². The van der Waals surface area contributed by atoms with E-state index in [1.165, 1.54) is 6.07 Å². The average molecular weight is 245 g/mol. The molecule has 0 atom stereocenters. The predicted octanol–water partition coefficient (Wildman–Crippen LogP) is 2.35. The molecule has 1 aromatic heterocycles. The van der Waals surface area contributed by atoms with Crippen molar-refractivity contribution >= 4 is 0 Å². The molecule has 0 aliphatic rings. The molecule has 1 aromatic carbocycles. The summed E-state index contributed by atoms with van der Waals surface area (Å²) in [6, 6.07) is 6.79. The third-order valence-electron chi connectivity index (χ3n) is 2.67. The molecular formula is C14H16FN3. The van der Waals surface area contributed by atoms with E-state index in [2.05, 4.69) is 16.9 Å². The molecule has 0 aliphatic heterocycles. The molecule has 2 aromatic rings. The number of rotatable bonds is 6. The molecule has 0 aliphatic carbocycles. The van der Waals surface area contributed by atoms with Crippen molar-refractivity contribution in [2.75, 3.05) is 6.54 Å². The Balaban J connectivity index is 2.08. The lowest BCUT2D eigenvalue weighted by molar-refractivity contribution is 0.588. The summed E-state index contributed by atoms with van der Waals surface area (Å²) >= 11 is 0. The Morgan fingerprint density at radius 2 is 2.22 bits per heavy atom. The highest BCUT2D eigenvalue weighted by molar-refractivity contribution is 5.18. The Morgan fingerprint density at radius 3 is 3.00 bits per heavy atom. The molecule has 4 heteroatoms. The summed E-state index contributed by atoms with van der Waals surface area (Å²) in [6.45, 7) is 5.51. The summed E-state index contributed by atoms with van der Waals surface area (Å²) in [7, 11) is 0. The summed E-state index contributed by atoms with van der Waals surface area (Å²) in [5, 5.41) is 3.18. The molecule has 0 fully saturated rings. The third kappa shape index (κ3) is 3.05. The van der Waals surface area contributed by atoms with Crippen LogP contribution in [-0.4, -0.2) is 16.1 Å². The van der Waals surface area contributed by atoms with Gasteiger partial charge in [-0.25, -0.2) is 9.37 Å². The van der Waals surface area contributed by atoms with E-state index in [9.17, 15) is 4.39 Å². The largest absolute Gasteiger partial charge is 0.329 e. The van der Waals surface area contributed by atoms with E-state index >= 15 is 0 Å². The van der Waals surface area contributed by atoms with Gasteiger partial charge >= 0.3 is 0 Å². The summed E-state index contributed by atoms with van der Waals surface area (Å²) in [4.78, 5) is 4.26. The van der Waals surface area contributed by atoms with E-state index in [0.29, 0.717) is 18.7 Å². The van der Waals surface area contributed by atoms with Crippen LogP contribution < -0.4 is 5.32 Å². The van der Waals surface area contributed by atoms with Crippen molar-refractivity contribution in [3.8, 4) is 0 Å². The van der Waals surface area contributed by atoms with Gasteiger partial charge in [-0.05, 0) is 6.07 Å². The molecule has 0 amide bonds. The summed E-state index contributed by atoms with van der Waals surface area (Å²) < 4.78 is 15.5. The quantitative estimate of drug-likeness (QED) is 0.625. The Hall–Kier alpha value is -1.94. The minimum atomic E-state index is -0.184. The fraction of sp³-hybridized carbons (Fsp3) is 0.214. The van der Waals surface area contributed by atoms with Crippen LogP contribution in [0.15, 0.2) is 49.3 Å². The lowest BCUT2D eigenvalue weighted by Gasteiger charge is -2.09. The Kier molecular flexibility index (Phi) is 4.25. The van der Waals surface area contributed by atoms with Gasteiger partial charge in [0.15, 0.2) is 0 Å². The van der Waals surface area contributed by atoms with Gasteiger partial charge in [0.1, 0.15) is 11.6 Å². The fourth-order valence-electron chi connectivity index (χ4n) is 1.75. The van der Waals surface area contributed by atoms with Crippen molar-refractivity contribution in [1.29, 1.82) is 0 Å². The van der Waals surface area contributed by atoms with Gasteiger partial charge < -0.3 is 9.88 Å². The number of aromatic nitrogens is 2. The van der Waals surface area contributed by atoms with E-state index in [-0.39, 0.29) is 5.82 Å². The van der Waals surface area contributed by atoms with Crippen molar-refractivity contribution in [2.24, 2.45) is 0 Å². The van der Waals surface area contributed by atoms with E-state index in [4.69, 9.17) is 0 Å². The van der Waals surface area contributed by atoms with Crippen LogP contribution in [-0.2, 0) is 13.1 Å². The van der Waals surface area contributed by atoms with Crippen molar-refractivity contribution in [3.63, 3.8) is 0 Å². The van der Waals surface area contributed by atoms with Crippen LogP contribution in [0.1, 0.15) is 11.4 Å². The Bertz CT molecular complexity index is 519. The lowest BCUT2D eigenvalue weighted by atomic mass is 10.2. The first-order valence-electron chi connectivity index (χ1n) is 5.86. The molecule has 0 saturated heterocycles. The first-order valence-corrected chi connectivity index (χ1v) is 5.86. The minimum Gasteiger partial charge on any atom is -0.329 e. The number of nitrogens with zero attached hydrogens (tertiary/aromatic N) is 2. The highest BCUT2D eigenvalue weighted by atomic mass is 19.1. The van der Waals surface area contributed by atoms with Crippen molar-refractivity contribution in [2.45, 2.75) is 13.1 Å². The van der Waals surface area contributed by atoms with E-state index < -0.39 is 0 Å². The second-order valence-electron chi connectivity index (χ2n) is 3.98. The second-order valence-corrected chi connectivity index (χ2v) is 3.98. The Morgan fingerprint density at radius 1 is 1.39 bits per heavy atom. The number of benzene rings is 1. The van der Waals surface area contributed by atoms with Crippen LogP contribution in [0.5, 0.6) is 0 Å². The number of nitrogens with one attached hydrogen (secondary N) is 1. The molecule has 1 heterocycles. The number of imidazole rings is 1. The normalized spacial score (nSPS) is 10.5. The van der Waals surface area contributed by atoms with Gasteiger partial charge in [-0.15, -0.1) is 6.58 Å². The zero-order valence-corrected chi connectivity index (χ0v) is 10.1. The fourth-order valence-corrected chi connectivity index (χ4v) is 1.75. The zero-order valence-electron chi connectivity index (χ0n) is 10.1. The van der Waals surface area contributed by atoms with Crippen LogP contribution in [0.4, 0.5) is 4.39 Å². The molecule has 0 unspecified atom stereocenters. The number of hydrogen-bond donors (Lipinski definition) is 1. The monoisotopic (exact) mass is 245 g/mol. The predicted molar refractivity (Wildman–Crippen MR) is 69.6 cm³/mol. The molecule has 2 rings (SSSR count). The molecule has 1 N–H and O–H groups in total. The number of hydrogen-bond acceptors (Lipinski definition) is 2. The average Bonchev–Trinajstić information content (AvgIpc) is 2.80. The van der Waals surface area contributed by atoms with Crippen molar-refractivity contribution in [3.05, 3.63) is 66.5 Å². The van der Waals surface area contributed by atoms with Gasteiger partial charge in [-0.3, -0.25) is 0 Å². The topological polar surface area (TPSA) is 29.9 Å². The maximum absolute atomic E-state index is 13.6. The summed E-state index contributed by atoms with van der Waals surface area (Å²) in [6.07, 6.45) is 5.38. The summed E-state index contributed by atoms with van der Waals surface area (Å²) in [5.41, 5.74) is 0.667. The number of halogens is 1. The molecule has 0 spiro atoms. The van der Waals surface area contributed by atoms with Gasteiger partial charge in [0.05, 0.1) is 13.1 Å². The zero-order chi connectivity index (χ0) is 12.8. The van der Waals surface area contributed by atoms with Crippen molar-refractivity contribution in [1.82, 2.24) is 14.9 Å². The molecule has 0 saturated carbocycles. The van der Waals surface area contributed by atoms with Crippen LogP contribution in [0.2, 0.25) is 0 Å². The highest BCUT2D eigenvalue weighted by Crippen LogP contribution is 2.10. The smallest absolute Gasteiger partial charge is 0.128 e. The van der Waals surface area contributed by atoms with Crippen LogP contribution in [0.25, 0.3) is 0 Å². The lowest BCUT2D eigenvalue weighted by Crippen LogP contribution is -2.17. The molecule has 18 heavy (non-hydrogen) atoms.